The summed E-state index contributed by atoms with van der Waals surface area (Å²) in [6, 6.07) is 8.30. The summed E-state index contributed by atoms with van der Waals surface area (Å²) in [7, 11) is 3.25. The van der Waals surface area contributed by atoms with Gasteiger partial charge >= 0.3 is 5.97 Å². The molecule has 80 valence electrons. The number of hydrogen-bond donors (Lipinski definition) is 1. The highest BCUT2D eigenvalue weighted by atomic mass is 16.4. The molecule has 0 fully saturated rings. The SMILES string of the molecule is CC.COC.O=C(O)c1ccccc1. The molecule has 0 saturated carbocycles. The Kier molecular flexibility index (Phi) is 12.6. The van der Waals surface area contributed by atoms with Crippen LogP contribution in [0.3, 0.4) is 0 Å². The van der Waals surface area contributed by atoms with E-state index in [-0.39, 0.29) is 0 Å². The molecule has 0 atom stereocenters. The monoisotopic (exact) mass is 198 g/mol. The maximum Gasteiger partial charge on any atom is 0.335 e. The number of carbonyl (C=O) groups is 1. The zero-order valence-electron chi connectivity index (χ0n) is 9.15. The molecule has 0 saturated heterocycles. The van der Waals surface area contributed by atoms with Crippen LogP contribution < -0.4 is 0 Å². The number of carboxylic acid groups (broad SMARTS) is 1. The molecule has 1 N–H and O–H groups in total. The first-order valence-electron chi connectivity index (χ1n) is 4.40. The molecule has 0 amide bonds. The number of benzene rings is 1. The van der Waals surface area contributed by atoms with Crippen molar-refractivity contribution in [1.29, 1.82) is 0 Å². The van der Waals surface area contributed by atoms with Gasteiger partial charge in [0.1, 0.15) is 0 Å². The normalized spacial score (nSPS) is 7.43. The second kappa shape index (κ2) is 11.6. The van der Waals surface area contributed by atoms with Crippen molar-refractivity contribution in [3.8, 4) is 0 Å². The van der Waals surface area contributed by atoms with E-state index < -0.39 is 5.97 Å². The Morgan fingerprint density at radius 2 is 1.50 bits per heavy atom. The van der Waals surface area contributed by atoms with Gasteiger partial charge in [-0.05, 0) is 12.1 Å². The molecule has 14 heavy (non-hydrogen) atoms. The van der Waals surface area contributed by atoms with Gasteiger partial charge in [0.25, 0.3) is 0 Å². The number of aromatic carboxylic acids is 1. The first kappa shape index (κ1) is 15.1. The van der Waals surface area contributed by atoms with Crippen LogP contribution in [0.15, 0.2) is 30.3 Å². The molecular formula is C11H18O3. The van der Waals surface area contributed by atoms with Crippen molar-refractivity contribution in [2.75, 3.05) is 14.2 Å². The van der Waals surface area contributed by atoms with Crippen LogP contribution >= 0.6 is 0 Å². The first-order valence-corrected chi connectivity index (χ1v) is 4.40. The fourth-order valence-electron chi connectivity index (χ4n) is 0.581. The highest BCUT2D eigenvalue weighted by Crippen LogP contribution is 1.96. The largest absolute Gasteiger partial charge is 0.478 e. The number of carboxylic acids is 1. The molecule has 3 nitrogen and oxygen atoms in total. The van der Waals surface area contributed by atoms with Gasteiger partial charge in [0.2, 0.25) is 0 Å². The van der Waals surface area contributed by atoms with E-state index in [1.807, 2.05) is 13.8 Å². The Morgan fingerprint density at radius 1 is 1.14 bits per heavy atom. The quantitative estimate of drug-likeness (QED) is 0.754. The average molecular weight is 198 g/mol. The molecule has 1 aromatic carbocycles. The van der Waals surface area contributed by atoms with Gasteiger partial charge < -0.3 is 9.84 Å². The van der Waals surface area contributed by atoms with Crippen LogP contribution in [0.5, 0.6) is 0 Å². The van der Waals surface area contributed by atoms with E-state index in [4.69, 9.17) is 5.11 Å². The predicted octanol–water partition coefficient (Wildman–Crippen LogP) is 2.67. The molecular weight excluding hydrogens is 180 g/mol. The molecule has 0 heterocycles. The summed E-state index contributed by atoms with van der Waals surface area (Å²) in [6.07, 6.45) is 0. The summed E-state index contributed by atoms with van der Waals surface area (Å²) in [5.74, 6) is -0.879. The van der Waals surface area contributed by atoms with E-state index in [1.165, 1.54) is 0 Å². The third-order valence-electron chi connectivity index (χ3n) is 1.02. The van der Waals surface area contributed by atoms with Crippen LogP contribution in [0.4, 0.5) is 0 Å². The minimum absolute atomic E-state index is 0.331. The van der Waals surface area contributed by atoms with Gasteiger partial charge in [-0.3, -0.25) is 0 Å². The van der Waals surface area contributed by atoms with Crippen molar-refractivity contribution >= 4 is 5.97 Å². The fourth-order valence-corrected chi connectivity index (χ4v) is 0.581. The molecule has 3 heteroatoms. The van der Waals surface area contributed by atoms with E-state index >= 15 is 0 Å². The van der Waals surface area contributed by atoms with E-state index in [1.54, 1.807) is 44.6 Å². The second-order valence-corrected chi connectivity index (χ2v) is 2.08. The van der Waals surface area contributed by atoms with Crippen molar-refractivity contribution in [3.63, 3.8) is 0 Å². The Morgan fingerprint density at radius 3 is 1.71 bits per heavy atom. The van der Waals surface area contributed by atoms with Crippen molar-refractivity contribution in [2.45, 2.75) is 13.8 Å². The summed E-state index contributed by atoms with van der Waals surface area (Å²) in [5.41, 5.74) is 0.331. The van der Waals surface area contributed by atoms with E-state index in [2.05, 4.69) is 4.74 Å². The highest BCUT2D eigenvalue weighted by molar-refractivity contribution is 5.87. The number of ether oxygens (including phenoxy) is 1. The highest BCUT2D eigenvalue weighted by Gasteiger charge is 1.96. The lowest BCUT2D eigenvalue weighted by atomic mass is 10.2. The van der Waals surface area contributed by atoms with Crippen LogP contribution in [-0.2, 0) is 4.74 Å². The van der Waals surface area contributed by atoms with Gasteiger partial charge in [-0.2, -0.15) is 0 Å². The van der Waals surface area contributed by atoms with Crippen molar-refractivity contribution in [3.05, 3.63) is 35.9 Å². The summed E-state index contributed by atoms with van der Waals surface area (Å²) >= 11 is 0. The van der Waals surface area contributed by atoms with Crippen LogP contribution in [0.25, 0.3) is 0 Å². The van der Waals surface area contributed by atoms with Gasteiger partial charge in [0, 0.05) is 14.2 Å². The maximum atomic E-state index is 10.2. The molecule has 0 aliphatic rings. The van der Waals surface area contributed by atoms with E-state index in [0.29, 0.717) is 5.56 Å². The summed E-state index contributed by atoms with van der Waals surface area (Å²) in [6.45, 7) is 4.00. The van der Waals surface area contributed by atoms with Crippen molar-refractivity contribution in [1.82, 2.24) is 0 Å². The van der Waals surface area contributed by atoms with Crippen LogP contribution in [0.1, 0.15) is 24.2 Å². The fraction of sp³-hybridized carbons (Fsp3) is 0.364. The third kappa shape index (κ3) is 8.74. The van der Waals surface area contributed by atoms with Gasteiger partial charge in [-0.25, -0.2) is 4.79 Å². The number of methoxy groups -OCH3 is 1. The number of hydrogen-bond acceptors (Lipinski definition) is 2. The zero-order chi connectivity index (χ0) is 11.4. The smallest absolute Gasteiger partial charge is 0.335 e. The molecule has 1 rings (SSSR count). The Hall–Kier alpha value is -1.35. The predicted molar refractivity (Wildman–Crippen MR) is 57.7 cm³/mol. The Labute approximate surface area is 85.3 Å². The third-order valence-corrected chi connectivity index (χ3v) is 1.02. The minimum Gasteiger partial charge on any atom is -0.478 e. The lowest BCUT2D eigenvalue weighted by molar-refractivity contribution is 0.0697. The molecule has 0 unspecified atom stereocenters. The Bertz CT molecular complexity index is 219. The van der Waals surface area contributed by atoms with E-state index in [9.17, 15) is 4.79 Å². The number of rotatable bonds is 1. The van der Waals surface area contributed by atoms with Gasteiger partial charge in [-0.1, -0.05) is 32.0 Å². The standard InChI is InChI=1S/C7H6O2.C2H6O.C2H6/c8-7(9)6-4-2-1-3-5-6;1-3-2;1-2/h1-5H,(H,8,9);1-2H3;1-2H3. The average Bonchev–Trinajstić information content (AvgIpc) is 2.23. The van der Waals surface area contributed by atoms with Crippen molar-refractivity contribution in [2.24, 2.45) is 0 Å². The summed E-state index contributed by atoms with van der Waals surface area (Å²) in [4.78, 5) is 10.2. The van der Waals surface area contributed by atoms with E-state index in [0.717, 1.165) is 0 Å². The minimum atomic E-state index is -0.879. The van der Waals surface area contributed by atoms with Crippen molar-refractivity contribution < 1.29 is 14.6 Å². The molecule has 0 aliphatic carbocycles. The lowest BCUT2D eigenvalue weighted by Gasteiger charge is -1.88. The maximum absolute atomic E-state index is 10.2. The summed E-state index contributed by atoms with van der Waals surface area (Å²) in [5, 5.41) is 8.38. The molecule has 0 spiro atoms. The molecule has 0 bridgehead atoms. The lowest BCUT2D eigenvalue weighted by Crippen LogP contribution is -1.93. The molecule has 0 aliphatic heterocycles. The summed E-state index contributed by atoms with van der Waals surface area (Å²) < 4.78 is 4.25. The molecule has 0 aromatic heterocycles. The van der Waals surface area contributed by atoms with Crippen LogP contribution in [-0.4, -0.2) is 25.3 Å². The van der Waals surface area contributed by atoms with Crippen LogP contribution in [0.2, 0.25) is 0 Å². The molecule has 0 radical (unpaired) electrons. The first-order chi connectivity index (χ1) is 6.72. The molecule has 1 aromatic rings. The van der Waals surface area contributed by atoms with Crippen LogP contribution in [0, 0.1) is 0 Å². The van der Waals surface area contributed by atoms with Gasteiger partial charge in [-0.15, -0.1) is 0 Å². The Balaban J connectivity index is 0. The topological polar surface area (TPSA) is 46.5 Å². The zero-order valence-corrected chi connectivity index (χ0v) is 9.15. The second-order valence-electron chi connectivity index (χ2n) is 2.08. The van der Waals surface area contributed by atoms with Gasteiger partial charge in [0.15, 0.2) is 0 Å². The van der Waals surface area contributed by atoms with Gasteiger partial charge in [0.05, 0.1) is 5.56 Å².